The smallest absolute Gasteiger partial charge is 0.239 e. The van der Waals surface area contributed by atoms with E-state index in [9.17, 15) is 4.79 Å². The van der Waals surface area contributed by atoms with Gasteiger partial charge < -0.3 is 15.0 Å². The Hall–Kier alpha value is -1.55. The van der Waals surface area contributed by atoms with E-state index in [0.717, 1.165) is 17.9 Å². The second-order valence-corrected chi connectivity index (χ2v) is 4.54. The number of carbonyl (C=O) groups is 1. The number of benzene rings is 1. The highest BCUT2D eigenvalue weighted by molar-refractivity contribution is 5.81. The molecule has 1 aromatic rings. The van der Waals surface area contributed by atoms with Gasteiger partial charge in [-0.1, -0.05) is 12.1 Å². The molecule has 0 heterocycles. The van der Waals surface area contributed by atoms with Gasteiger partial charge in [-0.3, -0.25) is 4.79 Å². The third kappa shape index (κ3) is 4.91. The van der Waals surface area contributed by atoms with E-state index < -0.39 is 0 Å². The van der Waals surface area contributed by atoms with E-state index in [2.05, 4.69) is 5.32 Å². The summed E-state index contributed by atoms with van der Waals surface area (Å²) in [7, 11) is 1.82. The van der Waals surface area contributed by atoms with Gasteiger partial charge >= 0.3 is 0 Å². The molecule has 1 amide bonds. The van der Waals surface area contributed by atoms with Crippen molar-refractivity contribution >= 4 is 5.91 Å². The lowest BCUT2D eigenvalue weighted by atomic mass is 10.2. The van der Waals surface area contributed by atoms with Gasteiger partial charge in [-0.25, -0.2) is 0 Å². The molecule has 1 atom stereocenters. The number of hydrogen-bond acceptors (Lipinski definition) is 3. The van der Waals surface area contributed by atoms with Crippen molar-refractivity contribution < 1.29 is 9.53 Å². The van der Waals surface area contributed by atoms with Gasteiger partial charge in [-0.05, 0) is 38.5 Å². The Balaban J connectivity index is 2.52. The minimum Gasteiger partial charge on any atom is -0.494 e. The molecule has 0 aliphatic carbocycles. The Morgan fingerprint density at radius 1 is 1.42 bits per heavy atom. The fraction of sp³-hybridized carbons (Fsp3) is 0.533. The molecule has 106 valence electrons. The van der Waals surface area contributed by atoms with E-state index in [-0.39, 0.29) is 11.9 Å². The molecular formula is C15H24N2O2. The molecule has 1 N–H and O–H groups in total. The predicted octanol–water partition coefficient (Wildman–Crippen LogP) is 2.04. The van der Waals surface area contributed by atoms with Crippen molar-refractivity contribution in [2.24, 2.45) is 0 Å². The van der Waals surface area contributed by atoms with Gasteiger partial charge in [0.05, 0.1) is 12.6 Å². The van der Waals surface area contributed by atoms with Crippen LogP contribution in [0.3, 0.4) is 0 Å². The molecular weight excluding hydrogens is 240 g/mol. The molecule has 1 rings (SSSR count). The summed E-state index contributed by atoms with van der Waals surface area (Å²) in [6.45, 7) is 7.87. The summed E-state index contributed by atoms with van der Waals surface area (Å²) in [6, 6.07) is 7.74. The largest absolute Gasteiger partial charge is 0.494 e. The summed E-state index contributed by atoms with van der Waals surface area (Å²) in [5.41, 5.74) is 1.12. The van der Waals surface area contributed by atoms with Crippen LogP contribution in [0.2, 0.25) is 0 Å². The number of nitrogens with zero attached hydrogens (tertiary/aromatic N) is 1. The van der Waals surface area contributed by atoms with Crippen LogP contribution in [0.25, 0.3) is 0 Å². The minimum atomic E-state index is -0.180. The standard InChI is InChI=1S/C15H24N2O2/c1-5-17(4)15(18)12(3)16-11-13-8-7-9-14(10-13)19-6-2/h7-10,12,16H,5-6,11H2,1-4H3. The van der Waals surface area contributed by atoms with Crippen molar-refractivity contribution in [2.75, 3.05) is 20.2 Å². The summed E-state index contributed by atoms with van der Waals surface area (Å²) >= 11 is 0. The molecule has 0 aliphatic heterocycles. The van der Waals surface area contributed by atoms with Crippen LogP contribution >= 0.6 is 0 Å². The second kappa shape index (κ2) is 7.79. The highest BCUT2D eigenvalue weighted by Crippen LogP contribution is 2.13. The predicted molar refractivity (Wildman–Crippen MR) is 77.2 cm³/mol. The summed E-state index contributed by atoms with van der Waals surface area (Å²) < 4.78 is 5.45. The van der Waals surface area contributed by atoms with Crippen LogP contribution in [0, 0.1) is 0 Å². The van der Waals surface area contributed by atoms with Gasteiger partial charge in [0, 0.05) is 20.1 Å². The van der Waals surface area contributed by atoms with Crippen LogP contribution in [-0.4, -0.2) is 37.0 Å². The zero-order chi connectivity index (χ0) is 14.3. The molecule has 4 heteroatoms. The number of rotatable bonds is 7. The van der Waals surface area contributed by atoms with Gasteiger partial charge in [0.25, 0.3) is 0 Å². The molecule has 0 fully saturated rings. The SMILES string of the molecule is CCOc1cccc(CNC(C)C(=O)N(C)CC)c1. The first kappa shape index (κ1) is 15.5. The Kier molecular flexibility index (Phi) is 6.36. The van der Waals surface area contributed by atoms with Crippen molar-refractivity contribution in [3.63, 3.8) is 0 Å². The lowest BCUT2D eigenvalue weighted by Crippen LogP contribution is -2.42. The first-order valence-electron chi connectivity index (χ1n) is 6.78. The Bertz CT molecular complexity index is 407. The van der Waals surface area contributed by atoms with E-state index in [0.29, 0.717) is 13.2 Å². The lowest BCUT2D eigenvalue weighted by Gasteiger charge is -2.20. The van der Waals surface area contributed by atoms with Gasteiger partial charge in [0.2, 0.25) is 5.91 Å². The quantitative estimate of drug-likeness (QED) is 0.819. The van der Waals surface area contributed by atoms with Crippen LogP contribution in [0.5, 0.6) is 5.75 Å². The zero-order valence-corrected chi connectivity index (χ0v) is 12.3. The van der Waals surface area contributed by atoms with E-state index >= 15 is 0 Å². The molecule has 0 saturated heterocycles. The summed E-state index contributed by atoms with van der Waals surface area (Å²) in [4.78, 5) is 13.6. The van der Waals surface area contributed by atoms with E-state index in [1.54, 1.807) is 4.90 Å². The topological polar surface area (TPSA) is 41.6 Å². The maximum absolute atomic E-state index is 11.9. The lowest BCUT2D eigenvalue weighted by molar-refractivity contribution is -0.131. The summed E-state index contributed by atoms with van der Waals surface area (Å²) in [5.74, 6) is 0.981. The average Bonchev–Trinajstić information content (AvgIpc) is 2.44. The van der Waals surface area contributed by atoms with Crippen LogP contribution in [0.4, 0.5) is 0 Å². The van der Waals surface area contributed by atoms with E-state index in [1.807, 2.05) is 52.1 Å². The van der Waals surface area contributed by atoms with E-state index in [1.165, 1.54) is 0 Å². The third-order valence-electron chi connectivity index (χ3n) is 3.04. The van der Waals surface area contributed by atoms with Crippen molar-refractivity contribution in [1.29, 1.82) is 0 Å². The maximum Gasteiger partial charge on any atom is 0.239 e. The van der Waals surface area contributed by atoms with Crippen LogP contribution < -0.4 is 10.1 Å². The molecule has 0 aromatic heterocycles. The van der Waals surface area contributed by atoms with Crippen LogP contribution in [0.15, 0.2) is 24.3 Å². The fourth-order valence-electron chi connectivity index (χ4n) is 1.76. The first-order valence-corrected chi connectivity index (χ1v) is 6.78. The van der Waals surface area contributed by atoms with Gasteiger partial charge in [0.1, 0.15) is 5.75 Å². The highest BCUT2D eigenvalue weighted by atomic mass is 16.5. The number of ether oxygens (including phenoxy) is 1. The van der Waals surface area contributed by atoms with Crippen molar-refractivity contribution in [3.05, 3.63) is 29.8 Å². The number of nitrogens with one attached hydrogen (secondary N) is 1. The zero-order valence-electron chi connectivity index (χ0n) is 12.3. The second-order valence-electron chi connectivity index (χ2n) is 4.54. The van der Waals surface area contributed by atoms with Gasteiger partial charge in [-0.2, -0.15) is 0 Å². The number of likely N-dealkylation sites (N-methyl/N-ethyl adjacent to an activating group) is 1. The molecule has 0 saturated carbocycles. The average molecular weight is 264 g/mol. The van der Waals surface area contributed by atoms with Gasteiger partial charge in [0.15, 0.2) is 0 Å². The normalized spacial score (nSPS) is 12.0. The Morgan fingerprint density at radius 2 is 2.16 bits per heavy atom. The molecule has 0 bridgehead atoms. The molecule has 1 aromatic carbocycles. The van der Waals surface area contributed by atoms with Gasteiger partial charge in [-0.15, -0.1) is 0 Å². The van der Waals surface area contributed by atoms with E-state index in [4.69, 9.17) is 4.74 Å². The number of carbonyl (C=O) groups excluding carboxylic acids is 1. The highest BCUT2D eigenvalue weighted by Gasteiger charge is 2.15. The summed E-state index contributed by atoms with van der Waals surface area (Å²) in [5, 5.41) is 3.24. The van der Waals surface area contributed by atoms with Crippen LogP contribution in [0.1, 0.15) is 26.3 Å². The van der Waals surface area contributed by atoms with Crippen molar-refractivity contribution in [3.8, 4) is 5.75 Å². The maximum atomic E-state index is 11.9. The minimum absolute atomic E-state index is 0.114. The van der Waals surface area contributed by atoms with Crippen molar-refractivity contribution in [2.45, 2.75) is 33.4 Å². The number of hydrogen-bond donors (Lipinski definition) is 1. The number of amides is 1. The molecule has 0 aliphatic rings. The van der Waals surface area contributed by atoms with Crippen LogP contribution in [-0.2, 0) is 11.3 Å². The molecule has 0 radical (unpaired) electrons. The Morgan fingerprint density at radius 3 is 2.79 bits per heavy atom. The molecule has 19 heavy (non-hydrogen) atoms. The first-order chi connectivity index (χ1) is 9.08. The molecule has 4 nitrogen and oxygen atoms in total. The monoisotopic (exact) mass is 264 g/mol. The molecule has 1 unspecified atom stereocenters. The third-order valence-corrected chi connectivity index (χ3v) is 3.04. The fourth-order valence-corrected chi connectivity index (χ4v) is 1.76. The molecule has 0 spiro atoms. The summed E-state index contributed by atoms with van der Waals surface area (Å²) in [6.07, 6.45) is 0. The Labute approximate surface area is 115 Å². The van der Waals surface area contributed by atoms with Crippen molar-refractivity contribution in [1.82, 2.24) is 10.2 Å².